The molecule has 0 radical (unpaired) electrons. The molecule has 2 N–H and O–H groups in total. The van der Waals surface area contributed by atoms with Gasteiger partial charge in [0.15, 0.2) is 11.5 Å². The van der Waals surface area contributed by atoms with Crippen LogP contribution in [0.25, 0.3) is 11.0 Å². The first-order valence-electron chi connectivity index (χ1n) is 8.37. The van der Waals surface area contributed by atoms with Gasteiger partial charge in [-0.2, -0.15) is 0 Å². The SMILES string of the molecule is O=C(CCc1nc2ccccc2[nH]1)NC[C@@H]1COc2ccccc2O1. The summed E-state index contributed by atoms with van der Waals surface area (Å²) in [7, 11) is 0. The fraction of sp³-hybridized carbons (Fsp3) is 0.263. The van der Waals surface area contributed by atoms with Crippen LogP contribution >= 0.6 is 0 Å². The van der Waals surface area contributed by atoms with Crippen LogP contribution in [-0.4, -0.2) is 35.1 Å². The van der Waals surface area contributed by atoms with Crippen molar-refractivity contribution >= 4 is 16.9 Å². The minimum absolute atomic E-state index is 0.0251. The number of carbonyl (C=O) groups excluding carboxylic acids is 1. The minimum Gasteiger partial charge on any atom is -0.486 e. The normalized spacial score (nSPS) is 15.9. The Morgan fingerprint density at radius 2 is 1.96 bits per heavy atom. The summed E-state index contributed by atoms with van der Waals surface area (Å²) >= 11 is 0. The predicted molar refractivity (Wildman–Crippen MR) is 93.8 cm³/mol. The first-order chi connectivity index (χ1) is 12.3. The molecule has 0 fully saturated rings. The van der Waals surface area contributed by atoms with Gasteiger partial charge < -0.3 is 19.8 Å². The van der Waals surface area contributed by atoms with Crippen LogP contribution in [0.15, 0.2) is 48.5 Å². The van der Waals surface area contributed by atoms with E-state index in [1.807, 2.05) is 48.5 Å². The summed E-state index contributed by atoms with van der Waals surface area (Å²) in [6.07, 6.45) is 0.778. The van der Waals surface area contributed by atoms with Crippen LogP contribution in [0.5, 0.6) is 11.5 Å². The quantitative estimate of drug-likeness (QED) is 0.750. The molecular formula is C19H19N3O3. The molecule has 25 heavy (non-hydrogen) atoms. The lowest BCUT2D eigenvalue weighted by atomic mass is 10.2. The van der Waals surface area contributed by atoms with Crippen molar-refractivity contribution in [2.75, 3.05) is 13.2 Å². The van der Waals surface area contributed by atoms with Gasteiger partial charge in [-0.05, 0) is 24.3 Å². The van der Waals surface area contributed by atoms with Crippen molar-refractivity contribution in [3.05, 3.63) is 54.4 Å². The van der Waals surface area contributed by atoms with Gasteiger partial charge in [-0.25, -0.2) is 4.98 Å². The van der Waals surface area contributed by atoms with Crippen LogP contribution < -0.4 is 14.8 Å². The molecular weight excluding hydrogens is 318 g/mol. The second kappa shape index (κ2) is 6.84. The van der Waals surface area contributed by atoms with Crippen molar-refractivity contribution < 1.29 is 14.3 Å². The van der Waals surface area contributed by atoms with Crippen LogP contribution in [0.3, 0.4) is 0 Å². The van der Waals surface area contributed by atoms with E-state index in [0.29, 0.717) is 26.0 Å². The largest absolute Gasteiger partial charge is 0.486 e. The Balaban J connectivity index is 1.25. The fourth-order valence-corrected chi connectivity index (χ4v) is 2.84. The summed E-state index contributed by atoms with van der Waals surface area (Å²) in [6.45, 7) is 0.855. The number of benzene rings is 2. The molecule has 1 aliphatic heterocycles. The van der Waals surface area contributed by atoms with E-state index in [4.69, 9.17) is 9.47 Å². The Labute approximate surface area is 145 Å². The Morgan fingerprint density at radius 3 is 2.84 bits per heavy atom. The molecule has 3 aromatic rings. The molecule has 4 rings (SSSR count). The summed E-state index contributed by atoms with van der Waals surface area (Å²) in [5.74, 6) is 2.26. The smallest absolute Gasteiger partial charge is 0.220 e. The zero-order valence-electron chi connectivity index (χ0n) is 13.7. The van der Waals surface area contributed by atoms with E-state index in [0.717, 1.165) is 28.4 Å². The number of ether oxygens (including phenoxy) is 2. The number of rotatable bonds is 5. The number of amides is 1. The molecule has 0 aliphatic carbocycles. The second-order valence-electron chi connectivity index (χ2n) is 6.00. The highest BCUT2D eigenvalue weighted by Crippen LogP contribution is 2.30. The molecule has 6 heteroatoms. The lowest BCUT2D eigenvalue weighted by molar-refractivity contribution is -0.121. The number of nitrogens with one attached hydrogen (secondary N) is 2. The van der Waals surface area contributed by atoms with Gasteiger partial charge in [0.05, 0.1) is 17.6 Å². The summed E-state index contributed by atoms with van der Waals surface area (Å²) in [6, 6.07) is 15.4. The summed E-state index contributed by atoms with van der Waals surface area (Å²) in [5.41, 5.74) is 1.91. The number of aryl methyl sites for hydroxylation is 1. The topological polar surface area (TPSA) is 76.2 Å². The molecule has 1 aromatic heterocycles. The van der Waals surface area contributed by atoms with Crippen molar-refractivity contribution in [2.45, 2.75) is 18.9 Å². The van der Waals surface area contributed by atoms with Crippen molar-refractivity contribution in [1.29, 1.82) is 0 Å². The Hall–Kier alpha value is -3.02. The number of aromatic amines is 1. The van der Waals surface area contributed by atoms with E-state index in [-0.39, 0.29) is 12.0 Å². The first-order valence-corrected chi connectivity index (χ1v) is 8.37. The van der Waals surface area contributed by atoms with Crippen molar-refractivity contribution in [3.8, 4) is 11.5 Å². The maximum atomic E-state index is 12.1. The number of para-hydroxylation sites is 4. The fourth-order valence-electron chi connectivity index (χ4n) is 2.84. The minimum atomic E-state index is -0.176. The molecule has 2 heterocycles. The maximum Gasteiger partial charge on any atom is 0.220 e. The maximum absolute atomic E-state index is 12.1. The number of H-pyrrole nitrogens is 1. The average molecular weight is 337 g/mol. The Morgan fingerprint density at radius 1 is 1.16 bits per heavy atom. The monoisotopic (exact) mass is 337 g/mol. The summed E-state index contributed by atoms with van der Waals surface area (Å²) < 4.78 is 11.5. The highest BCUT2D eigenvalue weighted by atomic mass is 16.6. The molecule has 0 unspecified atom stereocenters. The Bertz CT molecular complexity index is 857. The van der Waals surface area contributed by atoms with E-state index in [2.05, 4.69) is 15.3 Å². The van der Waals surface area contributed by atoms with E-state index in [1.165, 1.54) is 0 Å². The number of hydrogen-bond donors (Lipinski definition) is 2. The van der Waals surface area contributed by atoms with Crippen LogP contribution in [-0.2, 0) is 11.2 Å². The van der Waals surface area contributed by atoms with Crippen molar-refractivity contribution in [2.24, 2.45) is 0 Å². The van der Waals surface area contributed by atoms with Gasteiger partial charge in [-0.1, -0.05) is 24.3 Å². The zero-order valence-corrected chi connectivity index (χ0v) is 13.7. The van der Waals surface area contributed by atoms with Gasteiger partial charge in [-0.15, -0.1) is 0 Å². The van der Waals surface area contributed by atoms with Crippen LogP contribution in [0, 0.1) is 0 Å². The number of nitrogens with zero attached hydrogens (tertiary/aromatic N) is 1. The van der Waals surface area contributed by atoms with Gasteiger partial charge in [-0.3, -0.25) is 4.79 Å². The highest BCUT2D eigenvalue weighted by molar-refractivity contribution is 5.77. The number of carbonyl (C=O) groups is 1. The lowest BCUT2D eigenvalue weighted by Gasteiger charge is -2.26. The number of hydrogen-bond acceptors (Lipinski definition) is 4. The molecule has 1 amide bonds. The Kier molecular flexibility index (Phi) is 4.24. The number of aromatic nitrogens is 2. The van der Waals surface area contributed by atoms with E-state index in [1.54, 1.807) is 0 Å². The zero-order chi connectivity index (χ0) is 17.1. The van der Waals surface area contributed by atoms with Crippen molar-refractivity contribution in [3.63, 3.8) is 0 Å². The third kappa shape index (κ3) is 3.57. The molecule has 6 nitrogen and oxygen atoms in total. The molecule has 128 valence electrons. The standard InChI is InChI=1S/C19H19N3O3/c23-19(10-9-18-21-14-5-1-2-6-15(14)22-18)20-11-13-12-24-16-7-3-4-8-17(16)25-13/h1-8,13H,9-12H2,(H,20,23)(H,21,22)/t13-/m1/s1. The number of fused-ring (bicyclic) bond motifs is 2. The van der Waals surface area contributed by atoms with E-state index in [9.17, 15) is 4.79 Å². The van der Waals surface area contributed by atoms with Gasteiger partial charge in [0.25, 0.3) is 0 Å². The molecule has 0 bridgehead atoms. The molecule has 0 saturated carbocycles. The van der Waals surface area contributed by atoms with Gasteiger partial charge in [0.2, 0.25) is 5.91 Å². The average Bonchev–Trinajstić information content (AvgIpc) is 3.07. The molecule has 0 spiro atoms. The molecule has 2 aromatic carbocycles. The third-order valence-corrected chi connectivity index (χ3v) is 4.12. The molecule has 1 aliphatic rings. The first kappa shape index (κ1) is 15.5. The summed E-state index contributed by atoms with van der Waals surface area (Å²) in [5, 5.41) is 2.90. The summed E-state index contributed by atoms with van der Waals surface area (Å²) in [4.78, 5) is 19.8. The van der Waals surface area contributed by atoms with E-state index < -0.39 is 0 Å². The van der Waals surface area contributed by atoms with E-state index >= 15 is 0 Å². The highest BCUT2D eigenvalue weighted by Gasteiger charge is 2.21. The lowest BCUT2D eigenvalue weighted by Crippen LogP contribution is -2.40. The third-order valence-electron chi connectivity index (χ3n) is 4.12. The van der Waals surface area contributed by atoms with Crippen molar-refractivity contribution in [1.82, 2.24) is 15.3 Å². The van der Waals surface area contributed by atoms with Gasteiger partial charge in [0.1, 0.15) is 18.5 Å². The van der Waals surface area contributed by atoms with Gasteiger partial charge in [0, 0.05) is 12.8 Å². The van der Waals surface area contributed by atoms with Crippen LogP contribution in [0.1, 0.15) is 12.2 Å². The van der Waals surface area contributed by atoms with Gasteiger partial charge >= 0.3 is 0 Å². The molecule has 0 saturated heterocycles. The van der Waals surface area contributed by atoms with Crippen LogP contribution in [0.4, 0.5) is 0 Å². The molecule has 1 atom stereocenters. The second-order valence-corrected chi connectivity index (χ2v) is 6.00. The number of imidazole rings is 1. The van der Waals surface area contributed by atoms with Crippen LogP contribution in [0.2, 0.25) is 0 Å². The predicted octanol–water partition coefficient (Wildman–Crippen LogP) is 2.45.